The summed E-state index contributed by atoms with van der Waals surface area (Å²) in [5.41, 5.74) is 0. The van der Waals surface area contributed by atoms with Gasteiger partial charge in [0.05, 0.1) is 19.3 Å². The number of nitriles is 1. The van der Waals surface area contributed by atoms with Crippen LogP contribution in [0.25, 0.3) is 0 Å². The highest BCUT2D eigenvalue weighted by Gasteiger charge is 2.36. The number of hydrogen-bond donors (Lipinski definition) is 1. The molecule has 0 spiro atoms. The van der Waals surface area contributed by atoms with Gasteiger partial charge in [-0.2, -0.15) is 5.26 Å². The molecule has 0 aromatic rings. The van der Waals surface area contributed by atoms with Crippen molar-refractivity contribution in [1.82, 2.24) is 10.2 Å². The summed E-state index contributed by atoms with van der Waals surface area (Å²) in [4.78, 5) is 25.4. The fraction of sp³-hybridized carbons (Fsp3) is 0.750. The average Bonchev–Trinajstić information content (AvgIpc) is 2.38. The van der Waals surface area contributed by atoms with Crippen LogP contribution in [0.2, 0.25) is 0 Å². The lowest BCUT2D eigenvalue weighted by molar-refractivity contribution is -0.151. The first-order valence-corrected chi connectivity index (χ1v) is 6.02. The first kappa shape index (κ1) is 14.5. The van der Waals surface area contributed by atoms with Crippen molar-refractivity contribution in [3.8, 4) is 6.07 Å². The summed E-state index contributed by atoms with van der Waals surface area (Å²) in [6, 6.07) is 1.38. The first-order chi connectivity index (χ1) is 8.52. The minimum absolute atomic E-state index is 0.0734. The Bertz CT molecular complexity index is 362. The molecule has 0 bridgehead atoms. The number of carbonyl (C=O) groups is 2. The molecule has 2 amide bonds. The third kappa shape index (κ3) is 2.99. The van der Waals surface area contributed by atoms with Gasteiger partial charge in [-0.25, -0.2) is 0 Å². The van der Waals surface area contributed by atoms with E-state index in [2.05, 4.69) is 5.32 Å². The molecule has 0 aliphatic carbocycles. The SMILES string of the molecule is CNC(=O)C1COCCN1C(=O)C(C#N)C(C)C. The first-order valence-electron chi connectivity index (χ1n) is 6.02. The van der Waals surface area contributed by atoms with Gasteiger partial charge in [-0.15, -0.1) is 0 Å². The number of rotatable bonds is 3. The van der Waals surface area contributed by atoms with Gasteiger partial charge in [0, 0.05) is 13.6 Å². The van der Waals surface area contributed by atoms with Crippen LogP contribution in [-0.4, -0.2) is 49.6 Å². The van der Waals surface area contributed by atoms with Gasteiger partial charge in [0.1, 0.15) is 12.0 Å². The average molecular weight is 253 g/mol. The predicted octanol–water partition coefficient (Wildman–Crippen LogP) is -0.244. The summed E-state index contributed by atoms with van der Waals surface area (Å²) in [6.07, 6.45) is 0. The Morgan fingerprint density at radius 1 is 1.50 bits per heavy atom. The van der Waals surface area contributed by atoms with E-state index in [0.717, 1.165) is 0 Å². The number of likely N-dealkylation sites (N-methyl/N-ethyl adjacent to an activating group) is 1. The molecule has 1 aliphatic rings. The second kappa shape index (κ2) is 6.36. The summed E-state index contributed by atoms with van der Waals surface area (Å²) >= 11 is 0. The third-order valence-corrected chi connectivity index (χ3v) is 3.03. The zero-order chi connectivity index (χ0) is 13.7. The van der Waals surface area contributed by atoms with E-state index in [1.54, 1.807) is 0 Å². The second-order valence-corrected chi connectivity index (χ2v) is 4.59. The molecule has 1 heterocycles. The third-order valence-electron chi connectivity index (χ3n) is 3.03. The maximum atomic E-state index is 12.3. The minimum atomic E-state index is -0.713. The molecular formula is C12H19N3O3. The Balaban J connectivity index is 2.87. The van der Waals surface area contributed by atoms with Crippen LogP contribution < -0.4 is 5.32 Å². The highest BCUT2D eigenvalue weighted by molar-refractivity contribution is 5.89. The lowest BCUT2D eigenvalue weighted by atomic mass is 9.95. The number of nitrogens with zero attached hydrogens (tertiary/aromatic N) is 2. The summed E-state index contributed by atoms with van der Waals surface area (Å²) < 4.78 is 5.22. The Labute approximate surface area is 107 Å². The molecule has 6 heteroatoms. The highest BCUT2D eigenvalue weighted by atomic mass is 16.5. The van der Waals surface area contributed by atoms with Crippen LogP contribution in [-0.2, 0) is 14.3 Å². The summed E-state index contributed by atoms with van der Waals surface area (Å²) in [5, 5.41) is 11.6. The largest absolute Gasteiger partial charge is 0.377 e. The molecule has 0 aromatic carbocycles. The van der Waals surface area contributed by atoms with Crippen LogP contribution in [0.5, 0.6) is 0 Å². The molecule has 6 nitrogen and oxygen atoms in total. The number of amides is 2. The van der Waals surface area contributed by atoms with Crippen molar-refractivity contribution in [1.29, 1.82) is 5.26 Å². The predicted molar refractivity (Wildman–Crippen MR) is 64.3 cm³/mol. The van der Waals surface area contributed by atoms with E-state index in [-0.39, 0.29) is 24.3 Å². The monoisotopic (exact) mass is 253 g/mol. The smallest absolute Gasteiger partial charge is 0.244 e. The Morgan fingerprint density at radius 2 is 2.17 bits per heavy atom. The molecule has 1 N–H and O–H groups in total. The Morgan fingerprint density at radius 3 is 2.67 bits per heavy atom. The topological polar surface area (TPSA) is 82.4 Å². The van der Waals surface area contributed by atoms with Gasteiger partial charge in [-0.05, 0) is 5.92 Å². The Hall–Kier alpha value is -1.61. The van der Waals surface area contributed by atoms with Crippen LogP contribution in [0.1, 0.15) is 13.8 Å². The van der Waals surface area contributed by atoms with E-state index in [0.29, 0.717) is 13.2 Å². The Kier molecular flexibility index (Phi) is 5.10. The van der Waals surface area contributed by atoms with Gasteiger partial charge in [-0.1, -0.05) is 13.8 Å². The van der Waals surface area contributed by atoms with Crippen LogP contribution in [0, 0.1) is 23.2 Å². The van der Waals surface area contributed by atoms with Crippen molar-refractivity contribution >= 4 is 11.8 Å². The quantitative estimate of drug-likeness (QED) is 0.752. The van der Waals surface area contributed by atoms with Gasteiger partial charge < -0.3 is 15.0 Å². The minimum Gasteiger partial charge on any atom is -0.377 e. The van der Waals surface area contributed by atoms with Crippen molar-refractivity contribution in [3.63, 3.8) is 0 Å². The molecule has 1 rings (SSSR count). The zero-order valence-electron chi connectivity index (χ0n) is 11.0. The summed E-state index contributed by atoms with van der Waals surface area (Å²) in [6.45, 7) is 4.57. The molecule has 1 fully saturated rings. The number of nitrogens with one attached hydrogen (secondary N) is 1. The van der Waals surface area contributed by atoms with Gasteiger partial charge in [-0.3, -0.25) is 9.59 Å². The number of carbonyl (C=O) groups excluding carboxylic acids is 2. The molecule has 2 atom stereocenters. The second-order valence-electron chi connectivity index (χ2n) is 4.59. The number of hydrogen-bond acceptors (Lipinski definition) is 4. The van der Waals surface area contributed by atoms with Crippen LogP contribution >= 0.6 is 0 Å². The fourth-order valence-electron chi connectivity index (χ4n) is 1.92. The normalized spacial score (nSPS) is 21.3. The number of ether oxygens (including phenoxy) is 1. The van der Waals surface area contributed by atoms with E-state index in [9.17, 15) is 9.59 Å². The fourth-order valence-corrected chi connectivity index (χ4v) is 1.92. The molecule has 18 heavy (non-hydrogen) atoms. The van der Waals surface area contributed by atoms with E-state index in [1.807, 2.05) is 19.9 Å². The van der Waals surface area contributed by atoms with Crippen molar-refractivity contribution < 1.29 is 14.3 Å². The summed E-state index contributed by atoms with van der Waals surface area (Å²) in [7, 11) is 1.52. The van der Waals surface area contributed by atoms with Crippen LogP contribution in [0.4, 0.5) is 0 Å². The van der Waals surface area contributed by atoms with Crippen molar-refractivity contribution in [2.24, 2.45) is 11.8 Å². The summed E-state index contributed by atoms with van der Waals surface area (Å²) in [5.74, 6) is -1.33. The molecule has 1 saturated heterocycles. The van der Waals surface area contributed by atoms with Gasteiger partial charge in [0.25, 0.3) is 0 Å². The molecule has 1 aliphatic heterocycles. The van der Waals surface area contributed by atoms with Gasteiger partial charge in [0.15, 0.2) is 0 Å². The van der Waals surface area contributed by atoms with E-state index < -0.39 is 12.0 Å². The molecule has 0 saturated carbocycles. The van der Waals surface area contributed by atoms with E-state index in [4.69, 9.17) is 10.00 Å². The van der Waals surface area contributed by atoms with Crippen molar-refractivity contribution in [3.05, 3.63) is 0 Å². The molecule has 100 valence electrons. The lowest BCUT2D eigenvalue weighted by Gasteiger charge is -2.35. The van der Waals surface area contributed by atoms with Crippen molar-refractivity contribution in [2.75, 3.05) is 26.8 Å². The van der Waals surface area contributed by atoms with E-state index >= 15 is 0 Å². The highest BCUT2D eigenvalue weighted by Crippen LogP contribution is 2.17. The molecule has 0 aromatic heterocycles. The standard InChI is InChI=1S/C12H19N3O3/c1-8(2)9(6-13)12(17)15-4-5-18-7-10(15)11(16)14-3/h8-10H,4-5,7H2,1-3H3,(H,14,16). The molecule has 0 radical (unpaired) electrons. The zero-order valence-corrected chi connectivity index (χ0v) is 11.0. The van der Waals surface area contributed by atoms with Crippen molar-refractivity contribution in [2.45, 2.75) is 19.9 Å². The van der Waals surface area contributed by atoms with Crippen LogP contribution in [0.3, 0.4) is 0 Å². The molecular weight excluding hydrogens is 234 g/mol. The number of morpholine rings is 1. The van der Waals surface area contributed by atoms with Crippen LogP contribution in [0.15, 0.2) is 0 Å². The molecule has 2 unspecified atom stereocenters. The maximum absolute atomic E-state index is 12.3. The maximum Gasteiger partial charge on any atom is 0.244 e. The van der Waals surface area contributed by atoms with Gasteiger partial charge >= 0.3 is 0 Å². The lowest BCUT2D eigenvalue weighted by Crippen LogP contribution is -2.57. The van der Waals surface area contributed by atoms with Gasteiger partial charge in [0.2, 0.25) is 11.8 Å². The van der Waals surface area contributed by atoms with E-state index in [1.165, 1.54) is 11.9 Å².